The monoisotopic (exact) mass is 297 g/mol. The highest BCUT2D eigenvalue weighted by Gasteiger charge is 2.10. The van der Waals surface area contributed by atoms with E-state index in [0.717, 1.165) is 35.0 Å². The van der Waals surface area contributed by atoms with E-state index in [9.17, 15) is 0 Å². The lowest BCUT2D eigenvalue weighted by Crippen LogP contribution is -2.03. The predicted octanol–water partition coefficient (Wildman–Crippen LogP) is 2.42. The number of hydrogen-bond donors (Lipinski definition) is 1. The molecule has 0 amide bonds. The molecule has 5 heteroatoms. The van der Waals surface area contributed by atoms with Gasteiger partial charge in [-0.2, -0.15) is 0 Å². The summed E-state index contributed by atoms with van der Waals surface area (Å²) in [6.07, 6.45) is 2.76. The van der Waals surface area contributed by atoms with E-state index < -0.39 is 0 Å². The number of imidazole rings is 1. The average Bonchev–Trinajstić information content (AvgIpc) is 2.92. The van der Waals surface area contributed by atoms with E-state index in [-0.39, 0.29) is 0 Å². The van der Waals surface area contributed by atoms with Crippen LogP contribution in [0.3, 0.4) is 0 Å². The summed E-state index contributed by atoms with van der Waals surface area (Å²) in [6, 6.07) is 13.6. The Kier molecular flexibility index (Phi) is 4.25. The van der Waals surface area contributed by atoms with Crippen LogP contribution in [0.1, 0.15) is 11.5 Å². The van der Waals surface area contributed by atoms with Gasteiger partial charge in [-0.15, -0.1) is 0 Å². The maximum absolute atomic E-state index is 5.82. The molecule has 0 unspecified atom stereocenters. The Hall–Kier alpha value is -2.53. The zero-order chi connectivity index (χ0) is 15.4. The van der Waals surface area contributed by atoms with Gasteiger partial charge in [0.25, 0.3) is 0 Å². The second-order valence-electron chi connectivity index (χ2n) is 4.93. The number of benzene rings is 1. The van der Waals surface area contributed by atoms with Crippen molar-refractivity contribution in [3.8, 4) is 11.5 Å². The number of rotatable bonds is 6. The molecule has 2 aromatic heterocycles. The number of nitrogens with two attached hydrogens (primary N) is 1. The van der Waals surface area contributed by atoms with Crippen molar-refractivity contribution >= 4 is 5.52 Å². The molecule has 0 saturated heterocycles. The van der Waals surface area contributed by atoms with Gasteiger partial charge in [-0.25, -0.2) is 4.98 Å². The first kappa shape index (κ1) is 14.4. The van der Waals surface area contributed by atoms with Crippen molar-refractivity contribution < 1.29 is 9.47 Å². The maximum atomic E-state index is 5.82. The fourth-order valence-electron chi connectivity index (χ4n) is 2.41. The maximum Gasteiger partial charge on any atom is 0.151 e. The lowest BCUT2D eigenvalue weighted by atomic mass is 10.2. The Labute approximate surface area is 129 Å². The summed E-state index contributed by atoms with van der Waals surface area (Å²) in [7, 11) is 1.64. The number of ether oxygens (including phenoxy) is 2. The third-order valence-electron chi connectivity index (χ3n) is 3.51. The van der Waals surface area contributed by atoms with E-state index in [1.54, 1.807) is 7.11 Å². The van der Waals surface area contributed by atoms with Gasteiger partial charge in [0.05, 0.1) is 18.3 Å². The van der Waals surface area contributed by atoms with Crippen LogP contribution in [-0.4, -0.2) is 23.0 Å². The fourth-order valence-corrected chi connectivity index (χ4v) is 2.41. The van der Waals surface area contributed by atoms with Crippen LogP contribution in [0.15, 0.2) is 48.7 Å². The van der Waals surface area contributed by atoms with Gasteiger partial charge in [0.1, 0.15) is 18.1 Å². The van der Waals surface area contributed by atoms with Crippen LogP contribution in [0.2, 0.25) is 0 Å². The Morgan fingerprint density at radius 1 is 1.09 bits per heavy atom. The molecular formula is C17H19N3O2. The summed E-state index contributed by atoms with van der Waals surface area (Å²) in [5, 5.41) is 0. The molecule has 0 aliphatic carbocycles. The van der Waals surface area contributed by atoms with Crippen LogP contribution in [0.4, 0.5) is 0 Å². The Balaban J connectivity index is 1.80. The molecule has 0 saturated carbocycles. The van der Waals surface area contributed by atoms with Crippen molar-refractivity contribution in [2.24, 2.45) is 5.73 Å². The smallest absolute Gasteiger partial charge is 0.151 e. The summed E-state index contributed by atoms with van der Waals surface area (Å²) < 4.78 is 13.0. The first-order valence-electron chi connectivity index (χ1n) is 7.23. The Morgan fingerprint density at radius 2 is 1.86 bits per heavy atom. The van der Waals surface area contributed by atoms with Gasteiger partial charge in [-0.1, -0.05) is 6.07 Å². The van der Waals surface area contributed by atoms with E-state index >= 15 is 0 Å². The third-order valence-corrected chi connectivity index (χ3v) is 3.51. The molecule has 0 aliphatic heterocycles. The summed E-state index contributed by atoms with van der Waals surface area (Å²) in [5.41, 5.74) is 7.76. The van der Waals surface area contributed by atoms with Gasteiger partial charge in [0.15, 0.2) is 5.82 Å². The molecule has 3 aromatic rings. The van der Waals surface area contributed by atoms with Gasteiger partial charge < -0.3 is 19.6 Å². The van der Waals surface area contributed by atoms with Crippen molar-refractivity contribution in [3.05, 3.63) is 60.2 Å². The lowest BCUT2D eigenvalue weighted by Gasteiger charge is -2.06. The molecule has 22 heavy (non-hydrogen) atoms. The minimum Gasteiger partial charge on any atom is -0.497 e. The highest BCUT2D eigenvalue weighted by atomic mass is 16.5. The van der Waals surface area contributed by atoms with Crippen LogP contribution in [0.25, 0.3) is 5.52 Å². The molecule has 0 aliphatic rings. The molecule has 0 spiro atoms. The van der Waals surface area contributed by atoms with Gasteiger partial charge in [-0.3, -0.25) is 0 Å². The molecule has 0 bridgehead atoms. The van der Waals surface area contributed by atoms with Gasteiger partial charge in [0.2, 0.25) is 0 Å². The second-order valence-corrected chi connectivity index (χ2v) is 4.93. The van der Waals surface area contributed by atoms with Crippen molar-refractivity contribution in [2.75, 3.05) is 13.7 Å². The first-order valence-corrected chi connectivity index (χ1v) is 7.23. The Morgan fingerprint density at radius 3 is 2.59 bits per heavy atom. The number of fused-ring (bicyclic) bond motifs is 1. The van der Waals surface area contributed by atoms with E-state index in [1.807, 2.05) is 42.6 Å². The predicted molar refractivity (Wildman–Crippen MR) is 85.3 cm³/mol. The van der Waals surface area contributed by atoms with Crippen LogP contribution in [0, 0.1) is 0 Å². The summed E-state index contributed by atoms with van der Waals surface area (Å²) in [6.45, 7) is 0.989. The van der Waals surface area contributed by atoms with Gasteiger partial charge in [-0.05, 0) is 42.9 Å². The van der Waals surface area contributed by atoms with E-state index in [0.29, 0.717) is 13.2 Å². The minimum absolute atomic E-state index is 0.405. The molecule has 0 fully saturated rings. The van der Waals surface area contributed by atoms with Crippen molar-refractivity contribution in [1.82, 2.24) is 9.38 Å². The zero-order valence-electron chi connectivity index (χ0n) is 12.5. The topological polar surface area (TPSA) is 61.8 Å². The highest BCUT2D eigenvalue weighted by molar-refractivity contribution is 5.53. The highest BCUT2D eigenvalue weighted by Crippen LogP contribution is 2.19. The minimum atomic E-state index is 0.405. The fraction of sp³-hybridized carbons (Fsp3) is 0.235. The van der Waals surface area contributed by atoms with Crippen LogP contribution in [-0.2, 0) is 13.0 Å². The second kappa shape index (κ2) is 6.49. The molecule has 2 N–H and O–H groups in total. The van der Waals surface area contributed by atoms with Crippen molar-refractivity contribution in [3.63, 3.8) is 0 Å². The molecule has 114 valence electrons. The lowest BCUT2D eigenvalue weighted by molar-refractivity contribution is 0.294. The van der Waals surface area contributed by atoms with Crippen LogP contribution in [0.5, 0.6) is 11.5 Å². The SMILES string of the molecule is COc1ccc(OCc2nc(CCN)c3ccccn23)cc1. The van der Waals surface area contributed by atoms with E-state index in [2.05, 4.69) is 15.5 Å². The number of methoxy groups -OCH3 is 1. The zero-order valence-corrected chi connectivity index (χ0v) is 12.5. The van der Waals surface area contributed by atoms with Crippen molar-refractivity contribution in [2.45, 2.75) is 13.0 Å². The molecule has 0 radical (unpaired) electrons. The number of aromatic nitrogens is 2. The van der Waals surface area contributed by atoms with E-state index in [4.69, 9.17) is 15.2 Å². The molecular weight excluding hydrogens is 278 g/mol. The standard InChI is InChI=1S/C17H19N3O2/c1-21-13-5-7-14(8-6-13)22-12-17-19-15(9-10-18)16-4-2-3-11-20(16)17/h2-8,11H,9-10,12,18H2,1H3. The summed E-state index contributed by atoms with van der Waals surface area (Å²) >= 11 is 0. The average molecular weight is 297 g/mol. The van der Waals surface area contributed by atoms with Crippen LogP contribution >= 0.6 is 0 Å². The third kappa shape index (κ3) is 2.89. The van der Waals surface area contributed by atoms with Crippen LogP contribution < -0.4 is 15.2 Å². The normalized spacial score (nSPS) is 10.8. The Bertz CT molecular complexity index is 750. The molecule has 1 aromatic carbocycles. The van der Waals surface area contributed by atoms with Gasteiger partial charge in [0, 0.05) is 12.6 Å². The molecule has 5 nitrogen and oxygen atoms in total. The largest absolute Gasteiger partial charge is 0.497 e. The molecule has 3 rings (SSSR count). The summed E-state index contributed by atoms with van der Waals surface area (Å²) in [4.78, 5) is 4.66. The van der Waals surface area contributed by atoms with Gasteiger partial charge >= 0.3 is 0 Å². The quantitative estimate of drug-likeness (QED) is 0.759. The molecule has 2 heterocycles. The number of nitrogens with zero attached hydrogens (tertiary/aromatic N) is 2. The summed E-state index contributed by atoms with van der Waals surface area (Å²) in [5.74, 6) is 2.47. The van der Waals surface area contributed by atoms with E-state index in [1.165, 1.54) is 0 Å². The molecule has 0 atom stereocenters. The van der Waals surface area contributed by atoms with Crippen molar-refractivity contribution in [1.29, 1.82) is 0 Å². The number of hydrogen-bond acceptors (Lipinski definition) is 4. The number of pyridine rings is 1. The first-order chi connectivity index (χ1) is 10.8.